The van der Waals surface area contributed by atoms with Gasteiger partial charge < -0.3 is 0 Å². The van der Waals surface area contributed by atoms with Gasteiger partial charge in [0.05, 0.1) is 5.41 Å². The number of nitrogens with zero attached hydrogens (tertiary/aromatic N) is 1. The summed E-state index contributed by atoms with van der Waals surface area (Å²) in [4.78, 5) is 25.9. The van der Waals surface area contributed by atoms with Gasteiger partial charge in [-0.05, 0) is 30.9 Å². The number of carbonyl (C=O) groups is 2. The van der Waals surface area contributed by atoms with Crippen LogP contribution in [0.4, 0.5) is 0 Å². The molecule has 1 heterocycles. The number of imide groups is 1. The third kappa shape index (κ3) is 2.72. The highest BCUT2D eigenvalue weighted by Gasteiger charge is 2.48. The number of benzene rings is 1. The highest BCUT2D eigenvalue weighted by Crippen LogP contribution is 2.36. The molecule has 2 rings (SSSR count). The van der Waals surface area contributed by atoms with E-state index in [1.54, 1.807) is 11.8 Å². The van der Waals surface area contributed by atoms with Crippen LogP contribution in [0.25, 0.3) is 0 Å². The molecule has 0 aliphatic carbocycles. The van der Waals surface area contributed by atoms with E-state index in [1.807, 2.05) is 37.4 Å². The predicted octanol–water partition coefficient (Wildman–Crippen LogP) is 2.83. The van der Waals surface area contributed by atoms with Gasteiger partial charge in [0, 0.05) is 23.2 Å². The molecule has 1 aromatic carbocycles. The fourth-order valence-electron chi connectivity index (χ4n) is 2.34. The van der Waals surface area contributed by atoms with Gasteiger partial charge in [0.1, 0.15) is 0 Å². The predicted molar refractivity (Wildman–Crippen MR) is 81.2 cm³/mol. The van der Waals surface area contributed by atoms with Crippen LogP contribution in [0.15, 0.2) is 28.7 Å². The molecular formula is C14H16BrNO2S. The summed E-state index contributed by atoms with van der Waals surface area (Å²) in [5.41, 5.74) is 0.191. The minimum atomic E-state index is -0.712. The van der Waals surface area contributed by atoms with Gasteiger partial charge in [0.2, 0.25) is 11.8 Å². The standard InChI is InChI=1S/C14H16BrNO2S/c1-14(10-3-5-11(15)6-4-10)9-12(17)16(13(14)18)7-8-19-2/h3-6H,7-9H2,1-2H3/t14-/m1/s1. The summed E-state index contributed by atoms with van der Waals surface area (Å²) in [6, 6.07) is 7.63. The quantitative estimate of drug-likeness (QED) is 0.790. The van der Waals surface area contributed by atoms with E-state index in [2.05, 4.69) is 15.9 Å². The minimum absolute atomic E-state index is 0.0653. The Bertz CT molecular complexity index is 503. The Morgan fingerprint density at radius 1 is 1.32 bits per heavy atom. The molecule has 0 unspecified atom stereocenters. The maximum Gasteiger partial charge on any atom is 0.240 e. The first kappa shape index (κ1) is 14.6. The van der Waals surface area contributed by atoms with Gasteiger partial charge >= 0.3 is 0 Å². The Morgan fingerprint density at radius 2 is 1.95 bits per heavy atom. The van der Waals surface area contributed by atoms with Crippen LogP contribution in [0.3, 0.4) is 0 Å². The van der Waals surface area contributed by atoms with Crippen LogP contribution in [-0.2, 0) is 15.0 Å². The third-order valence-corrected chi connectivity index (χ3v) is 4.64. The molecule has 0 saturated carbocycles. The van der Waals surface area contributed by atoms with Crippen molar-refractivity contribution in [3.63, 3.8) is 0 Å². The van der Waals surface area contributed by atoms with E-state index >= 15 is 0 Å². The molecule has 0 radical (unpaired) electrons. The summed E-state index contributed by atoms with van der Waals surface area (Å²) < 4.78 is 0.968. The molecular weight excluding hydrogens is 326 g/mol. The van der Waals surface area contributed by atoms with Crippen LogP contribution < -0.4 is 0 Å². The Kier molecular flexibility index (Phi) is 4.36. The largest absolute Gasteiger partial charge is 0.281 e. The molecule has 1 atom stereocenters. The van der Waals surface area contributed by atoms with Crippen molar-refractivity contribution in [3.05, 3.63) is 34.3 Å². The van der Waals surface area contributed by atoms with Crippen molar-refractivity contribution in [3.8, 4) is 0 Å². The normalized spacial score (nSPS) is 23.2. The first-order valence-electron chi connectivity index (χ1n) is 6.09. The summed E-state index contributed by atoms with van der Waals surface area (Å²) in [7, 11) is 0. The lowest BCUT2D eigenvalue weighted by Crippen LogP contribution is -2.37. The van der Waals surface area contributed by atoms with Crippen LogP contribution in [0.2, 0.25) is 0 Å². The lowest BCUT2D eigenvalue weighted by molar-refractivity contribution is -0.139. The van der Waals surface area contributed by atoms with E-state index in [0.29, 0.717) is 6.54 Å². The monoisotopic (exact) mass is 341 g/mol. The first-order chi connectivity index (χ1) is 8.99. The number of hydrogen-bond acceptors (Lipinski definition) is 3. The zero-order chi connectivity index (χ0) is 14.0. The van der Waals surface area contributed by atoms with Crippen molar-refractivity contribution in [2.45, 2.75) is 18.8 Å². The highest BCUT2D eigenvalue weighted by atomic mass is 79.9. The molecule has 1 aliphatic rings. The second-order valence-electron chi connectivity index (χ2n) is 4.86. The minimum Gasteiger partial charge on any atom is -0.281 e. The Balaban J connectivity index is 2.27. The van der Waals surface area contributed by atoms with Gasteiger partial charge in [-0.3, -0.25) is 14.5 Å². The van der Waals surface area contributed by atoms with Crippen molar-refractivity contribution < 1.29 is 9.59 Å². The van der Waals surface area contributed by atoms with Crippen LogP contribution >= 0.6 is 27.7 Å². The lowest BCUT2D eigenvalue weighted by Gasteiger charge is -2.22. The van der Waals surface area contributed by atoms with E-state index in [1.165, 1.54) is 4.90 Å². The van der Waals surface area contributed by atoms with Gasteiger partial charge in [-0.15, -0.1) is 0 Å². The first-order valence-corrected chi connectivity index (χ1v) is 8.27. The average molecular weight is 342 g/mol. The third-order valence-electron chi connectivity index (χ3n) is 3.52. The lowest BCUT2D eigenvalue weighted by atomic mass is 9.81. The summed E-state index contributed by atoms with van der Waals surface area (Å²) in [5, 5.41) is 0. The topological polar surface area (TPSA) is 37.4 Å². The molecule has 0 bridgehead atoms. The molecule has 5 heteroatoms. The van der Waals surface area contributed by atoms with Crippen molar-refractivity contribution in [2.24, 2.45) is 0 Å². The number of hydrogen-bond donors (Lipinski definition) is 0. The SMILES string of the molecule is CSCCN1C(=O)C[C@](C)(c2ccc(Br)cc2)C1=O. The van der Waals surface area contributed by atoms with Crippen molar-refractivity contribution >= 4 is 39.5 Å². The highest BCUT2D eigenvalue weighted by molar-refractivity contribution is 9.10. The molecule has 0 aromatic heterocycles. The Hall–Kier alpha value is -0.810. The van der Waals surface area contributed by atoms with Gasteiger partial charge in [-0.2, -0.15) is 11.8 Å². The molecule has 2 amide bonds. The Labute approximate surface area is 125 Å². The number of carbonyl (C=O) groups excluding carboxylic acids is 2. The molecule has 1 fully saturated rings. The second-order valence-corrected chi connectivity index (χ2v) is 6.76. The average Bonchev–Trinajstić information content (AvgIpc) is 2.60. The fraction of sp³-hybridized carbons (Fsp3) is 0.429. The molecule has 19 heavy (non-hydrogen) atoms. The zero-order valence-electron chi connectivity index (χ0n) is 11.0. The van der Waals surface area contributed by atoms with Crippen molar-refractivity contribution in [2.75, 3.05) is 18.6 Å². The molecule has 1 aromatic rings. The van der Waals surface area contributed by atoms with E-state index in [-0.39, 0.29) is 18.2 Å². The maximum atomic E-state index is 12.5. The summed E-state index contributed by atoms with van der Waals surface area (Å²) >= 11 is 5.02. The number of rotatable bonds is 4. The van der Waals surface area contributed by atoms with E-state index < -0.39 is 5.41 Å². The molecule has 1 saturated heterocycles. The zero-order valence-corrected chi connectivity index (χ0v) is 13.4. The summed E-state index contributed by atoms with van der Waals surface area (Å²) in [5.74, 6) is 0.645. The number of thioether (sulfide) groups is 1. The van der Waals surface area contributed by atoms with E-state index in [4.69, 9.17) is 0 Å². The summed E-state index contributed by atoms with van der Waals surface area (Å²) in [6.45, 7) is 2.36. The second kappa shape index (κ2) is 5.67. The number of halogens is 1. The molecule has 0 N–H and O–H groups in total. The van der Waals surface area contributed by atoms with Crippen LogP contribution in [0, 0.1) is 0 Å². The molecule has 0 spiro atoms. The van der Waals surface area contributed by atoms with Gasteiger partial charge in [0.25, 0.3) is 0 Å². The van der Waals surface area contributed by atoms with Gasteiger partial charge in [-0.1, -0.05) is 28.1 Å². The molecule has 3 nitrogen and oxygen atoms in total. The maximum absolute atomic E-state index is 12.5. The van der Waals surface area contributed by atoms with E-state index in [0.717, 1.165) is 15.8 Å². The molecule has 102 valence electrons. The van der Waals surface area contributed by atoms with Gasteiger partial charge in [0.15, 0.2) is 0 Å². The van der Waals surface area contributed by atoms with Crippen molar-refractivity contribution in [1.29, 1.82) is 0 Å². The van der Waals surface area contributed by atoms with Gasteiger partial charge in [-0.25, -0.2) is 0 Å². The molecule has 1 aliphatic heterocycles. The van der Waals surface area contributed by atoms with Crippen LogP contribution in [0.5, 0.6) is 0 Å². The summed E-state index contributed by atoms with van der Waals surface area (Å²) in [6.07, 6.45) is 2.24. The van der Waals surface area contributed by atoms with Crippen molar-refractivity contribution in [1.82, 2.24) is 4.90 Å². The fourth-order valence-corrected chi connectivity index (χ4v) is 2.97. The number of amides is 2. The number of likely N-dealkylation sites (tertiary alicyclic amines) is 1. The van der Waals surface area contributed by atoms with Crippen LogP contribution in [-0.4, -0.2) is 35.3 Å². The Morgan fingerprint density at radius 3 is 2.53 bits per heavy atom. The van der Waals surface area contributed by atoms with E-state index in [9.17, 15) is 9.59 Å². The smallest absolute Gasteiger partial charge is 0.240 e. The van der Waals surface area contributed by atoms with Crippen LogP contribution in [0.1, 0.15) is 18.9 Å².